The lowest BCUT2D eigenvalue weighted by atomic mass is 9.93. The van der Waals surface area contributed by atoms with Crippen LogP contribution in [0.3, 0.4) is 0 Å². The summed E-state index contributed by atoms with van der Waals surface area (Å²) in [6.07, 6.45) is 3.09. The van der Waals surface area contributed by atoms with Crippen molar-refractivity contribution in [3.63, 3.8) is 0 Å². The third-order valence-electron chi connectivity index (χ3n) is 6.24. The van der Waals surface area contributed by atoms with Crippen LogP contribution in [0.1, 0.15) is 57.5 Å². The van der Waals surface area contributed by atoms with Gasteiger partial charge in [-0.25, -0.2) is 4.98 Å². The van der Waals surface area contributed by atoms with Gasteiger partial charge in [0.05, 0.1) is 51.8 Å². The van der Waals surface area contributed by atoms with E-state index in [2.05, 4.69) is 24.9 Å². The average molecular weight is 493 g/mol. The lowest BCUT2D eigenvalue weighted by molar-refractivity contribution is -0.137. The number of rotatable bonds is 4. The lowest BCUT2D eigenvalue weighted by Crippen LogP contribution is -2.37. The van der Waals surface area contributed by atoms with Crippen LogP contribution in [0.2, 0.25) is 0 Å². The summed E-state index contributed by atoms with van der Waals surface area (Å²) in [6.45, 7) is 1.84. The van der Waals surface area contributed by atoms with Crippen molar-refractivity contribution < 1.29 is 18.0 Å². The molecule has 1 aliphatic carbocycles. The van der Waals surface area contributed by atoms with E-state index in [1.165, 1.54) is 12.3 Å². The molecule has 0 aliphatic heterocycles. The number of carbonyl (C=O) groups excluding carboxylic acids is 1. The highest BCUT2D eigenvalue weighted by atomic mass is 19.4. The van der Waals surface area contributed by atoms with Crippen LogP contribution in [0.5, 0.6) is 0 Å². The molecule has 5 rings (SSSR count). The number of nitrogen functional groups attached to an aromatic ring is 1. The van der Waals surface area contributed by atoms with E-state index < -0.39 is 17.8 Å². The van der Waals surface area contributed by atoms with Crippen LogP contribution < -0.4 is 5.73 Å². The molecule has 0 saturated heterocycles. The van der Waals surface area contributed by atoms with Gasteiger partial charge in [0.25, 0.3) is 5.91 Å². The van der Waals surface area contributed by atoms with Gasteiger partial charge in [0.2, 0.25) is 0 Å². The monoisotopic (exact) mass is 493 g/mol. The third kappa shape index (κ3) is 4.56. The summed E-state index contributed by atoms with van der Waals surface area (Å²) in [5.41, 5.74) is 9.06. The first kappa shape index (κ1) is 23.6. The molecule has 184 valence electrons. The van der Waals surface area contributed by atoms with E-state index in [1.54, 1.807) is 29.4 Å². The molecule has 4 heterocycles. The van der Waals surface area contributed by atoms with Crippen molar-refractivity contribution in [3.8, 4) is 0 Å². The molecular formula is C25H22F3N7O. The molecule has 8 nitrogen and oxygen atoms in total. The number of carbonyl (C=O) groups is 1. The van der Waals surface area contributed by atoms with Crippen LogP contribution in [-0.4, -0.2) is 35.7 Å². The lowest BCUT2D eigenvalue weighted by Gasteiger charge is -2.34. The number of alkyl halides is 3. The Bertz CT molecular complexity index is 1440. The number of nitrogens with zero attached hydrogens (tertiary/aromatic N) is 6. The molecule has 0 unspecified atom stereocenters. The number of pyridine rings is 3. The highest BCUT2D eigenvalue weighted by Crippen LogP contribution is 2.34. The summed E-state index contributed by atoms with van der Waals surface area (Å²) in [7, 11) is 0. The number of hydrogen-bond acceptors (Lipinski definition) is 7. The molecule has 1 atom stereocenters. The summed E-state index contributed by atoms with van der Waals surface area (Å²) in [5, 5.41) is 0. The van der Waals surface area contributed by atoms with Gasteiger partial charge in [-0.05, 0) is 56.0 Å². The first-order valence-corrected chi connectivity index (χ1v) is 11.4. The number of aryl methyl sites for hydroxylation is 2. The van der Waals surface area contributed by atoms with Gasteiger partial charge in [0.15, 0.2) is 0 Å². The number of amides is 1. The van der Waals surface area contributed by atoms with Crippen molar-refractivity contribution in [2.75, 3.05) is 5.73 Å². The largest absolute Gasteiger partial charge is 0.417 e. The first-order chi connectivity index (χ1) is 17.2. The summed E-state index contributed by atoms with van der Waals surface area (Å²) in [4.78, 5) is 37.1. The molecule has 2 N–H and O–H groups in total. The van der Waals surface area contributed by atoms with Crippen molar-refractivity contribution in [3.05, 3.63) is 82.8 Å². The minimum atomic E-state index is -4.50. The minimum Gasteiger partial charge on any atom is -0.384 e. The molecule has 0 spiro atoms. The molecule has 0 saturated carbocycles. The summed E-state index contributed by atoms with van der Waals surface area (Å²) in [6, 6.07) is 5.16. The van der Waals surface area contributed by atoms with Crippen LogP contribution in [0, 0.1) is 6.92 Å². The molecule has 4 aromatic rings. The fourth-order valence-electron chi connectivity index (χ4n) is 4.52. The van der Waals surface area contributed by atoms with Crippen LogP contribution in [0.25, 0.3) is 11.0 Å². The molecule has 0 aromatic carbocycles. The van der Waals surface area contributed by atoms with Crippen LogP contribution in [0.15, 0.2) is 49.1 Å². The fourth-order valence-corrected chi connectivity index (χ4v) is 4.52. The smallest absolute Gasteiger partial charge is 0.384 e. The number of nitrogens with two attached hydrogens (primary N) is 1. The molecule has 0 bridgehead atoms. The van der Waals surface area contributed by atoms with Gasteiger partial charge >= 0.3 is 6.18 Å². The Hall–Kier alpha value is -4.15. The Morgan fingerprint density at radius 1 is 1.11 bits per heavy atom. The number of halogens is 3. The second-order valence-corrected chi connectivity index (χ2v) is 8.72. The van der Waals surface area contributed by atoms with Crippen LogP contribution in [0.4, 0.5) is 19.0 Å². The van der Waals surface area contributed by atoms with Crippen molar-refractivity contribution in [1.82, 2.24) is 29.8 Å². The highest BCUT2D eigenvalue weighted by Gasteiger charge is 2.34. The van der Waals surface area contributed by atoms with Crippen LogP contribution in [-0.2, 0) is 19.1 Å². The fraction of sp³-hybridized carbons (Fsp3) is 0.280. The predicted molar refractivity (Wildman–Crippen MR) is 126 cm³/mol. The van der Waals surface area contributed by atoms with Gasteiger partial charge < -0.3 is 10.6 Å². The minimum absolute atomic E-state index is 0.0148. The maximum atomic E-state index is 13.9. The van der Waals surface area contributed by atoms with Crippen molar-refractivity contribution in [1.29, 1.82) is 0 Å². The van der Waals surface area contributed by atoms with Gasteiger partial charge in [0, 0.05) is 24.8 Å². The van der Waals surface area contributed by atoms with Crippen molar-refractivity contribution in [2.45, 2.75) is 44.9 Å². The van der Waals surface area contributed by atoms with Gasteiger partial charge in [0.1, 0.15) is 5.82 Å². The Kier molecular flexibility index (Phi) is 5.99. The van der Waals surface area contributed by atoms with Crippen LogP contribution >= 0.6 is 0 Å². The van der Waals surface area contributed by atoms with Crippen molar-refractivity contribution >= 4 is 22.8 Å². The summed E-state index contributed by atoms with van der Waals surface area (Å²) < 4.78 is 39.1. The van der Waals surface area contributed by atoms with Gasteiger partial charge in [-0.1, -0.05) is 0 Å². The molecule has 0 fully saturated rings. The zero-order chi connectivity index (χ0) is 25.4. The average Bonchev–Trinajstić information content (AvgIpc) is 2.86. The van der Waals surface area contributed by atoms with E-state index in [1.807, 2.05) is 6.92 Å². The number of hydrogen-bond donors (Lipinski definition) is 1. The summed E-state index contributed by atoms with van der Waals surface area (Å²) >= 11 is 0. The van der Waals surface area contributed by atoms with Gasteiger partial charge in [-0.2, -0.15) is 13.2 Å². The van der Waals surface area contributed by atoms with E-state index in [9.17, 15) is 18.0 Å². The second-order valence-electron chi connectivity index (χ2n) is 8.72. The van der Waals surface area contributed by atoms with E-state index in [4.69, 9.17) is 5.73 Å². The first-order valence-electron chi connectivity index (χ1n) is 11.4. The topological polar surface area (TPSA) is 111 Å². The summed E-state index contributed by atoms with van der Waals surface area (Å²) in [5.74, 6) is -0.0508. The van der Waals surface area contributed by atoms with Gasteiger partial charge in [-0.3, -0.25) is 24.7 Å². The van der Waals surface area contributed by atoms with E-state index in [-0.39, 0.29) is 18.0 Å². The zero-order valence-electron chi connectivity index (χ0n) is 19.3. The molecular weight excluding hydrogens is 471 g/mol. The molecule has 0 radical (unpaired) electrons. The third-order valence-corrected chi connectivity index (χ3v) is 6.24. The quantitative estimate of drug-likeness (QED) is 0.447. The normalized spacial score (nSPS) is 15.5. The molecule has 11 heteroatoms. The van der Waals surface area contributed by atoms with E-state index in [0.29, 0.717) is 34.7 Å². The SMILES string of the molecule is Cc1cc(N)nc2cc(C(=O)N(Cc3ccc(C(F)(F)F)cn3)[C@H]3CCCc4nccnc43)cnc12. The number of anilines is 1. The maximum absolute atomic E-state index is 13.9. The highest BCUT2D eigenvalue weighted by molar-refractivity contribution is 5.97. The Labute approximate surface area is 204 Å². The molecule has 4 aromatic heterocycles. The predicted octanol–water partition coefficient (Wildman–Crippen LogP) is 4.44. The van der Waals surface area contributed by atoms with E-state index >= 15 is 0 Å². The number of aromatic nitrogens is 5. The Morgan fingerprint density at radius 3 is 2.67 bits per heavy atom. The Morgan fingerprint density at radius 2 is 1.92 bits per heavy atom. The standard InChI is InChI=1S/C25H22F3N7O/c1-14-9-21(29)34-19-10-15(11-33-22(14)19)24(36)35(13-17-6-5-16(12-32-17)25(26,27)28)20-4-2-3-18-23(20)31-8-7-30-18/h5-12,20H,2-4,13H2,1H3,(H2,29,34)/t20-/m0/s1. The molecule has 1 aliphatic rings. The van der Waals surface area contributed by atoms with Gasteiger partial charge in [-0.15, -0.1) is 0 Å². The number of fused-ring (bicyclic) bond motifs is 2. The van der Waals surface area contributed by atoms with E-state index in [0.717, 1.165) is 36.4 Å². The molecule has 36 heavy (non-hydrogen) atoms. The Balaban J connectivity index is 1.55. The maximum Gasteiger partial charge on any atom is 0.417 e. The second kappa shape index (κ2) is 9.14. The molecule has 1 amide bonds. The zero-order valence-corrected chi connectivity index (χ0v) is 19.3. The van der Waals surface area contributed by atoms with Crippen molar-refractivity contribution in [2.24, 2.45) is 0 Å².